The fourth-order valence-electron chi connectivity index (χ4n) is 3.28. The highest BCUT2D eigenvalue weighted by molar-refractivity contribution is 9.09. The van der Waals surface area contributed by atoms with Crippen molar-refractivity contribution in [1.82, 2.24) is 0 Å². The fraction of sp³-hybridized carbons (Fsp3) is 1.00. The molecular weight excluding hydrogens is 236 g/mol. The monoisotopic (exact) mass is 258 g/mol. The van der Waals surface area contributed by atoms with Crippen LogP contribution in [0.3, 0.4) is 0 Å². The van der Waals surface area contributed by atoms with Crippen LogP contribution in [0.25, 0.3) is 0 Å². The molecule has 2 unspecified atom stereocenters. The molecule has 2 fully saturated rings. The lowest BCUT2D eigenvalue weighted by molar-refractivity contribution is 0.353. The Morgan fingerprint density at radius 2 is 1.43 bits per heavy atom. The second-order valence-electron chi connectivity index (χ2n) is 5.30. The first-order valence-corrected chi connectivity index (χ1v) is 7.42. The summed E-state index contributed by atoms with van der Waals surface area (Å²) in [5, 5.41) is 0. The Balaban J connectivity index is 1.81. The summed E-state index contributed by atoms with van der Waals surface area (Å²) in [4.78, 5) is 0.839. The standard InChI is InChI=1S/C13H23Br/c14-13-9-3-1-2-8-12(13)10-11-6-4-5-7-11/h11-13H,1-10H2. The van der Waals surface area contributed by atoms with E-state index in [1.165, 1.54) is 64.2 Å². The minimum absolute atomic E-state index is 0.839. The average Bonchev–Trinajstić information content (AvgIpc) is 2.60. The fourth-order valence-corrected chi connectivity index (χ4v) is 4.08. The molecule has 2 aliphatic rings. The smallest absolute Gasteiger partial charge is 0.0174 e. The van der Waals surface area contributed by atoms with Crippen LogP contribution in [0.2, 0.25) is 0 Å². The summed E-state index contributed by atoms with van der Waals surface area (Å²) < 4.78 is 0. The van der Waals surface area contributed by atoms with Crippen molar-refractivity contribution >= 4 is 15.9 Å². The molecule has 0 nitrogen and oxygen atoms in total. The van der Waals surface area contributed by atoms with Crippen LogP contribution in [-0.4, -0.2) is 4.83 Å². The quantitative estimate of drug-likeness (QED) is 0.488. The zero-order valence-corrected chi connectivity index (χ0v) is 10.8. The molecule has 2 saturated carbocycles. The van der Waals surface area contributed by atoms with Gasteiger partial charge in [-0.2, -0.15) is 0 Å². The summed E-state index contributed by atoms with van der Waals surface area (Å²) in [7, 11) is 0. The molecule has 1 heteroatoms. The normalized spacial score (nSPS) is 35.8. The Bertz CT molecular complexity index is 161. The van der Waals surface area contributed by atoms with Gasteiger partial charge in [0.15, 0.2) is 0 Å². The van der Waals surface area contributed by atoms with E-state index in [0.717, 1.165) is 16.7 Å². The topological polar surface area (TPSA) is 0 Å². The van der Waals surface area contributed by atoms with Gasteiger partial charge in [-0.1, -0.05) is 60.9 Å². The summed E-state index contributed by atoms with van der Waals surface area (Å²) in [6.45, 7) is 0. The van der Waals surface area contributed by atoms with Crippen LogP contribution >= 0.6 is 15.9 Å². The van der Waals surface area contributed by atoms with Crippen molar-refractivity contribution in [2.45, 2.75) is 69.0 Å². The molecule has 0 aromatic carbocycles. The Labute approximate surface area is 97.0 Å². The lowest BCUT2D eigenvalue weighted by Gasteiger charge is -2.23. The van der Waals surface area contributed by atoms with E-state index >= 15 is 0 Å². The second kappa shape index (κ2) is 5.53. The van der Waals surface area contributed by atoms with Crippen molar-refractivity contribution < 1.29 is 0 Å². The Hall–Kier alpha value is 0.480. The molecule has 0 heterocycles. The maximum absolute atomic E-state index is 3.91. The molecule has 0 aliphatic heterocycles. The lowest BCUT2D eigenvalue weighted by atomic mass is 9.88. The van der Waals surface area contributed by atoms with Crippen molar-refractivity contribution in [3.05, 3.63) is 0 Å². The molecule has 0 bridgehead atoms. The van der Waals surface area contributed by atoms with Gasteiger partial charge in [-0.05, 0) is 31.1 Å². The molecule has 0 aromatic heterocycles. The van der Waals surface area contributed by atoms with Gasteiger partial charge in [0, 0.05) is 4.83 Å². The first kappa shape index (κ1) is 11.0. The highest BCUT2D eigenvalue weighted by atomic mass is 79.9. The van der Waals surface area contributed by atoms with Crippen LogP contribution in [0.15, 0.2) is 0 Å². The number of hydrogen-bond donors (Lipinski definition) is 0. The van der Waals surface area contributed by atoms with Crippen LogP contribution in [0.5, 0.6) is 0 Å². The highest BCUT2D eigenvalue weighted by Gasteiger charge is 2.25. The third-order valence-electron chi connectivity index (χ3n) is 4.18. The first-order valence-electron chi connectivity index (χ1n) is 6.50. The van der Waals surface area contributed by atoms with E-state index in [2.05, 4.69) is 15.9 Å². The highest BCUT2D eigenvalue weighted by Crippen LogP contribution is 2.37. The van der Waals surface area contributed by atoms with Crippen molar-refractivity contribution in [2.75, 3.05) is 0 Å². The van der Waals surface area contributed by atoms with Gasteiger partial charge in [-0.15, -0.1) is 0 Å². The molecule has 0 aromatic rings. The van der Waals surface area contributed by atoms with E-state index in [1.54, 1.807) is 0 Å². The third-order valence-corrected chi connectivity index (χ3v) is 5.38. The zero-order chi connectivity index (χ0) is 9.80. The van der Waals surface area contributed by atoms with Crippen LogP contribution in [0.4, 0.5) is 0 Å². The second-order valence-corrected chi connectivity index (χ2v) is 6.48. The van der Waals surface area contributed by atoms with Gasteiger partial charge in [-0.3, -0.25) is 0 Å². The lowest BCUT2D eigenvalue weighted by Crippen LogP contribution is -2.16. The first-order chi connectivity index (χ1) is 6.86. The van der Waals surface area contributed by atoms with Gasteiger partial charge in [0.2, 0.25) is 0 Å². The van der Waals surface area contributed by atoms with Crippen molar-refractivity contribution in [3.63, 3.8) is 0 Å². The summed E-state index contributed by atoms with van der Waals surface area (Å²) in [6, 6.07) is 0. The Morgan fingerprint density at radius 3 is 2.21 bits per heavy atom. The molecular formula is C13H23Br. The maximum atomic E-state index is 3.91. The predicted octanol–water partition coefficient (Wildman–Crippen LogP) is 4.91. The third kappa shape index (κ3) is 2.98. The molecule has 2 aliphatic carbocycles. The molecule has 0 N–H and O–H groups in total. The van der Waals surface area contributed by atoms with Crippen LogP contribution in [0, 0.1) is 11.8 Å². The van der Waals surface area contributed by atoms with E-state index in [4.69, 9.17) is 0 Å². The SMILES string of the molecule is BrC1CCCCCC1CC1CCCC1. The van der Waals surface area contributed by atoms with Gasteiger partial charge in [0.05, 0.1) is 0 Å². The summed E-state index contributed by atoms with van der Waals surface area (Å²) in [5.41, 5.74) is 0. The van der Waals surface area contributed by atoms with Gasteiger partial charge < -0.3 is 0 Å². The molecule has 0 spiro atoms. The Morgan fingerprint density at radius 1 is 0.786 bits per heavy atom. The van der Waals surface area contributed by atoms with Crippen LogP contribution in [0.1, 0.15) is 64.2 Å². The van der Waals surface area contributed by atoms with Crippen molar-refractivity contribution in [2.24, 2.45) is 11.8 Å². The molecule has 2 rings (SSSR count). The van der Waals surface area contributed by atoms with E-state index in [1.807, 2.05) is 0 Å². The summed E-state index contributed by atoms with van der Waals surface area (Å²) in [6.07, 6.45) is 14.9. The van der Waals surface area contributed by atoms with Crippen LogP contribution < -0.4 is 0 Å². The largest absolute Gasteiger partial charge is 0.0888 e. The van der Waals surface area contributed by atoms with E-state index in [-0.39, 0.29) is 0 Å². The van der Waals surface area contributed by atoms with Crippen LogP contribution in [-0.2, 0) is 0 Å². The molecule has 82 valence electrons. The van der Waals surface area contributed by atoms with Gasteiger partial charge in [0.1, 0.15) is 0 Å². The number of hydrogen-bond acceptors (Lipinski definition) is 0. The zero-order valence-electron chi connectivity index (χ0n) is 9.18. The van der Waals surface area contributed by atoms with Gasteiger partial charge in [-0.25, -0.2) is 0 Å². The average molecular weight is 259 g/mol. The maximum Gasteiger partial charge on any atom is 0.0174 e. The van der Waals surface area contributed by atoms with Crippen molar-refractivity contribution in [3.8, 4) is 0 Å². The van der Waals surface area contributed by atoms with Gasteiger partial charge >= 0.3 is 0 Å². The summed E-state index contributed by atoms with van der Waals surface area (Å²) in [5.74, 6) is 2.08. The predicted molar refractivity (Wildman–Crippen MR) is 65.9 cm³/mol. The van der Waals surface area contributed by atoms with E-state index < -0.39 is 0 Å². The van der Waals surface area contributed by atoms with E-state index in [0.29, 0.717) is 0 Å². The molecule has 0 saturated heterocycles. The molecule has 0 radical (unpaired) electrons. The minimum Gasteiger partial charge on any atom is -0.0888 e. The molecule has 2 atom stereocenters. The van der Waals surface area contributed by atoms with E-state index in [9.17, 15) is 0 Å². The molecule has 14 heavy (non-hydrogen) atoms. The Kier molecular flexibility index (Phi) is 4.34. The number of halogens is 1. The number of rotatable bonds is 2. The van der Waals surface area contributed by atoms with Gasteiger partial charge in [0.25, 0.3) is 0 Å². The van der Waals surface area contributed by atoms with Crippen molar-refractivity contribution in [1.29, 1.82) is 0 Å². The minimum atomic E-state index is 0.839. The number of alkyl halides is 1. The summed E-state index contributed by atoms with van der Waals surface area (Å²) >= 11 is 3.91. The molecule has 0 amide bonds.